The second-order valence-electron chi connectivity index (χ2n) is 9.52. The van der Waals surface area contributed by atoms with Crippen molar-refractivity contribution in [3.63, 3.8) is 0 Å². The van der Waals surface area contributed by atoms with Gasteiger partial charge < -0.3 is 14.4 Å². The van der Waals surface area contributed by atoms with Crippen LogP contribution in [0.1, 0.15) is 54.9 Å². The van der Waals surface area contributed by atoms with E-state index in [4.69, 9.17) is 0 Å². The molecular formula is C26H33N3O3. The van der Waals surface area contributed by atoms with Gasteiger partial charge in [-0.1, -0.05) is 43.7 Å². The summed E-state index contributed by atoms with van der Waals surface area (Å²) >= 11 is 0. The van der Waals surface area contributed by atoms with Gasteiger partial charge in [0.1, 0.15) is 0 Å². The molecule has 4 rings (SSSR count). The molecule has 1 unspecified atom stereocenters. The van der Waals surface area contributed by atoms with Crippen molar-refractivity contribution in [2.24, 2.45) is 18.4 Å². The van der Waals surface area contributed by atoms with Gasteiger partial charge in [-0.3, -0.25) is 14.4 Å². The number of benzene rings is 1. The average molecular weight is 436 g/mol. The number of piperidine rings is 1. The van der Waals surface area contributed by atoms with E-state index in [1.165, 1.54) is 16.2 Å². The molecule has 1 aromatic heterocycles. The first-order chi connectivity index (χ1) is 15.4. The van der Waals surface area contributed by atoms with Gasteiger partial charge in [0.25, 0.3) is 5.91 Å². The highest BCUT2D eigenvalue weighted by Gasteiger charge is 2.45. The fourth-order valence-electron chi connectivity index (χ4n) is 5.32. The molecule has 2 aromatic rings. The minimum Gasteiger partial charge on any atom is -0.339 e. The molecule has 2 amide bonds. The van der Waals surface area contributed by atoms with E-state index in [-0.39, 0.29) is 28.7 Å². The lowest BCUT2D eigenvalue weighted by Crippen LogP contribution is -2.49. The number of aromatic nitrogens is 1. The predicted octanol–water partition coefficient (Wildman–Crippen LogP) is 3.46. The molecule has 0 aliphatic carbocycles. The van der Waals surface area contributed by atoms with Crippen LogP contribution in [0.5, 0.6) is 0 Å². The number of hydrogen-bond acceptors (Lipinski definition) is 3. The molecule has 6 nitrogen and oxygen atoms in total. The van der Waals surface area contributed by atoms with Crippen molar-refractivity contribution in [3.8, 4) is 0 Å². The van der Waals surface area contributed by atoms with E-state index in [0.717, 1.165) is 38.6 Å². The Labute approximate surface area is 189 Å². The van der Waals surface area contributed by atoms with Crippen LogP contribution in [0.25, 0.3) is 0 Å². The fourth-order valence-corrected chi connectivity index (χ4v) is 5.32. The summed E-state index contributed by atoms with van der Waals surface area (Å²) in [6, 6.07) is 13.3. The normalized spacial score (nSPS) is 22.6. The first kappa shape index (κ1) is 22.3. The molecule has 6 heteroatoms. The van der Waals surface area contributed by atoms with Crippen LogP contribution < -0.4 is 5.56 Å². The van der Waals surface area contributed by atoms with Crippen molar-refractivity contribution >= 4 is 11.8 Å². The average Bonchev–Trinajstić information content (AvgIpc) is 2.95. The molecule has 3 heterocycles. The highest BCUT2D eigenvalue weighted by molar-refractivity contribution is 5.94. The largest absolute Gasteiger partial charge is 0.339 e. The van der Waals surface area contributed by atoms with Crippen LogP contribution in [0.15, 0.2) is 53.5 Å². The third kappa shape index (κ3) is 4.50. The van der Waals surface area contributed by atoms with E-state index < -0.39 is 0 Å². The summed E-state index contributed by atoms with van der Waals surface area (Å²) in [6.07, 6.45) is 6.28. The maximum Gasteiger partial charge on any atom is 0.255 e. The molecule has 170 valence electrons. The Kier molecular flexibility index (Phi) is 6.49. The van der Waals surface area contributed by atoms with Gasteiger partial charge in [-0.15, -0.1) is 0 Å². The summed E-state index contributed by atoms with van der Waals surface area (Å²) in [5, 5.41) is 0. The maximum atomic E-state index is 13.7. The monoisotopic (exact) mass is 435 g/mol. The first-order valence-electron chi connectivity index (χ1n) is 11.7. The molecule has 1 atom stereocenters. The first-order valence-corrected chi connectivity index (χ1v) is 11.7. The molecule has 0 saturated carbocycles. The molecule has 2 aliphatic heterocycles. The summed E-state index contributed by atoms with van der Waals surface area (Å²) in [4.78, 5) is 42.2. The van der Waals surface area contributed by atoms with E-state index in [2.05, 4.69) is 19.1 Å². The minimum atomic E-state index is -0.378. The van der Waals surface area contributed by atoms with Crippen LogP contribution in [0.4, 0.5) is 0 Å². The SMILES string of the molecule is Cn1cc(C(=O)N2CCC(C3(C)CCCCN(Cc4ccccc4)C3=O)CC2)ccc1=O. The second kappa shape index (κ2) is 9.31. The van der Waals surface area contributed by atoms with Crippen molar-refractivity contribution < 1.29 is 9.59 Å². The zero-order valence-corrected chi connectivity index (χ0v) is 19.1. The molecule has 0 spiro atoms. The Morgan fingerprint density at radius 1 is 1.00 bits per heavy atom. The Morgan fingerprint density at radius 3 is 2.41 bits per heavy atom. The van der Waals surface area contributed by atoms with Crippen molar-refractivity contribution in [1.29, 1.82) is 0 Å². The van der Waals surface area contributed by atoms with E-state index >= 15 is 0 Å². The standard InChI is InChI=1S/C26H33N3O3/c1-26(14-6-7-15-29(25(26)32)18-20-8-4-3-5-9-20)22-12-16-28(17-13-22)24(31)21-10-11-23(30)27(2)19-21/h3-5,8-11,19,22H,6-7,12-18H2,1-2H3. The molecule has 0 bridgehead atoms. The summed E-state index contributed by atoms with van der Waals surface area (Å²) in [7, 11) is 1.66. The molecule has 32 heavy (non-hydrogen) atoms. The van der Waals surface area contributed by atoms with Crippen LogP contribution in [0.2, 0.25) is 0 Å². The van der Waals surface area contributed by atoms with E-state index in [1.54, 1.807) is 19.3 Å². The van der Waals surface area contributed by atoms with E-state index in [0.29, 0.717) is 25.2 Å². The number of aryl methyl sites for hydroxylation is 1. The Hall–Kier alpha value is -2.89. The number of hydrogen-bond donors (Lipinski definition) is 0. The maximum absolute atomic E-state index is 13.7. The van der Waals surface area contributed by atoms with Crippen LogP contribution in [0, 0.1) is 11.3 Å². The lowest BCUT2D eigenvalue weighted by molar-refractivity contribution is -0.145. The van der Waals surface area contributed by atoms with Gasteiger partial charge in [-0.05, 0) is 43.2 Å². The topological polar surface area (TPSA) is 62.6 Å². The van der Waals surface area contributed by atoms with Crippen LogP contribution in [-0.4, -0.2) is 45.8 Å². The summed E-state index contributed by atoms with van der Waals surface area (Å²) in [5.41, 5.74) is 1.20. The Morgan fingerprint density at radius 2 is 1.72 bits per heavy atom. The van der Waals surface area contributed by atoms with Gasteiger partial charge in [0.2, 0.25) is 11.5 Å². The number of nitrogens with zero attached hydrogens (tertiary/aromatic N) is 3. The summed E-state index contributed by atoms with van der Waals surface area (Å²) < 4.78 is 1.44. The number of likely N-dealkylation sites (tertiary alicyclic amines) is 2. The van der Waals surface area contributed by atoms with Gasteiger partial charge in [0.05, 0.1) is 5.56 Å². The molecule has 0 N–H and O–H groups in total. The third-order valence-corrected chi connectivity index (χ3v) is 7.38. The smallest absolute Gasteiger partial charge is 0.255 e. The third-order valence-electron chi connectivity index (χ3n) is 7.38. The minimum absolute atomic E-state index is 0.0397. The summed E-state index contributed by atoms with van der Waals surface area (Å²) in [5.74, 6) is 0.499. The number of amides is 2. The second-order valence-corrected chi connectivity index (χ2v) is 9.52. The Balaban J connectivity index is 1.44. The number of rotatable bonds is 4. The summed E-state index contributed by atoms with van der Waals surface area (Å²) in [6.45, 7) is 4.92. The van der Waals surface area contributed by atoms with Crippen molar-refractivity contribution in [3.05, 3.63) is 70.1 Å². The zero-order valence-electron chi connectivity index (χ0n) is 19.1. The van der Waals surface area contributed by atoms with Crippen molar-refractivity contribution in [1.82, 2.24) is 14.4 Å². The van der Waals surface area contributed by atoms with Crippen LogP contribution in [-0.2, 0) is 18.4 Å². The lowest BCUT2D eigenvalue weighted by Gasteiger charge is -2.43. The molecule has 1 aromatic carbocycles. The van der Waals surface area contributed by atoms with Crippen LogP contribution >= 0.6 is 0 Å². The highest BCUT2D eigenvalue weighted by Crippen LogP contribution is 2.43. The molecule has 2 fully saturated rings. The molecule has 0 radical (unpaired) electrons. The fraction of sp³-hybridized carbons (Fsp3) is 0.500. The van der Waals surface area contributed by atoms with E-state index in [9.17, 15) is 14.4 Å². The van der Waals surface area contributed by atoms with Gasteiger partial charge in [0.15, 0.2) is 0 Å². The molecule has 2 aliphatic rings. The number of carbonyl (C=O) groups is 2. The van der Waals surface area contributed by atoms with Gasteiger partial charge >= 0.3 is 0 Å². The highest BCUT2D eigenvalue weighted by atomic mass is 16.2. The number of carbonyl (C=O) groups excluding carboxylic acids is 2. The Bertz CT molecular complexity index is 1020. The van der Waals surface area contributed by atoms with Gasteiger partial charge in [-0.25, -0.2) is 0 Å². The van der Waals surface area contributed by atoms with Crippen molar-refractivity contribution in [2.75, 3.05) is 19.6 Å². The molecular weight excluding hydrogens is 402 g/mol. The van der Waals surface area contributed by atoms with Crippen LogP contribution in [0.3, 0.4) is 0 Å². The van der Waals surface area contributed by atoms with E-state index in [1.807, 2.05) is 28.0 Å². The van der Waals surface area contributed by atoms with Gasteiger partial charge in [-0.2, -0.15) is 0 Å². The lowest BCUT2D eigenvalue weighted by atomic mass is 9.69. The zero-order chi connectivity index (χ0) is 22.7. The number of pyridine rings is 1. The predicted molar refractivity (Wildman–Crippen MR) is 124 cm³/mol. The van der Waals surface area contributed by atoms with Crippen molar-refractivity contribution in [2.45, 2.75) is 45.6 Å². The van der Waals surface area contributed by atoms with Gasteiger partial charge in [0, 0.05) is 50.9 Å². The molecule has 2 saturated heterocycles. The quantitative estimate of drug-likeness (QED) is 0.739.